The summed E-state index contributed by atoms with van der Waals surface area (Å²) in [4.78, 5) is 29.1. The van der Waals surface area contributed by atoms with Gasteiger partial charge in [-0.1, -0.05) is 24.3 Å². The average molecular weight is 446 g/mol. The van der Waals surface area contributed by atoms with Gasteiger partial charge in [-0.05, 0) is 43.2 Å². The highest BCUT2D eigenvalue weighted by molar-refractivity contribution is 5.87. The number of anilines is 1. The fraction of sp³-hybridized carbons (Fsp3) is 0.520. The van der Waals surface area contributed by atoms with Crippen molar-refractivity contribution in [1.82, 2.24) is 29.5 Å². The van der Waals surface area contributed by atoms with E-state index in [2.05, 4.69) is 49.1 Å². The summed E-state index contributed by atoms with van der Waals surface area (Å²) in [5, 5.41) is 5.30. The minimum absolute atomic E-state index is 0.263. The average Bonchev–Trinajstić information content (AvgIpc) is 3.64. The third kappa shape index (κ3) is 3.86. The van der Waals surface area contributed by atoms with Crippen molar-refractivity contribution >= 4 is 22.8 Å². The Morgan fingerprint density at radius 1 is 1.09 bits per heavy atom. The molecule has 3 aromatic rings. The minimum Gasteiger partial charge on any atom is -0.352 e. The topological polar surface area (TPSA) is 70.4 Å². The predicted molar refractivity (Wildman–Crippen MR) is 127 cm³/mol. The van der Waals surface area contributed by atoms with E-state index in [1.165, 1.54) is 30.4 Å². The normalized spacial score (nSPS) is 21.0. The molecule has 8 heteroatoms. The molecule has 33 heavy (non-hydrogen) atoms. The van der Waals surface area contributed by atoms with E-state index in [1.807, 2.05) is 18.1 Å². The highest BCUT2D eigenvalue weighted by Gasteiger charge is 2.38. The van der Waals surface area contributed by atoms with Crippen molar-refractivity contribution < 1.29 is 4.79 Å². The van der Waals surface area contributed by atoms with Crippen LogP contribution in [-0.4, -0.2) is 74.2 Å². The van der Waals surface area contributed by atoms with Gasteiger partial charge in [0.05, 0.1) is 18.1 Å². The SMILES string of the molecule is Cn1ncc2c(N3CCN(C(=O)CN(C4CC4)C4CCCc5ccccc54)CC3)ncnc21. The molecule has 0 radical (unpaired) electrons. The quantitative estimate of drug-likeness (QED) is 0.601. The number of aryl methyl sites for hydroxylation is 2. The van der Waals surface area contributed by atoms with Gasteiger partial charge >= 0.3 is 0 Å². The molecule has 1 unspecified atom stereocenters. The van der Waals surface area contributed by atoms with E-state index in [4.69, 9.17) is 0 Å². The second kappa shape index (κ2) is 8.41. The molecule has 2 aliphatic carbocycles. The molecule has 1 aromatic carbocycles. The zero-order valence-electron chi connectivity index (χ0n) is 19.2. The van der Waals surface area contributed by atoms with Gasteiger partial charge in [-0.2, -0.15) is 5.10 Å². The molecule has 2 fully saturated rings. The van der Waals surface area contributed by atoms with Gasteiger partial charge in [-0.3, -0.25) is 14.4 Å². The number of carbonyl (C=O) groups excluding carboxylic acids is 1. The molecule has 0 spiro atoms. The van der Waals surface area contributed by atoms with Crippen LogP contribution in [0.25, 0.3) is 11.0 Å². The van der Waals surface area contributed by atoms with E-state index in [-0.39, 0.29) is 5.91 Å². The number of piperazine rings is 1. The molecule has 3 heterocycles. The number of carbonyl (C=O) groups is 1. The van der Waals surface area contributed by atoms with E-state index in [0.29, 0.717) is 18.6 Å². The molecular weight excluding hydrogens is 414 g/mol. The molecule has 8 nitrogen and oxygen atoms in total. The third-order valence-electron chi connectivity index (χ3n) is 7.51. The lowest BCUT2D eigenvalue weighted by molar-refractivity contribution is -0.133. The van der Waals surface area contributed by atoms with E-state index in [1.54, 1.807) is 11.0 Å². The lowest BCUT2D eigenvalue weighted by Crippen LogP contribution is -2.52. The van der Waals surface area contributed by atoms with Crippen LogP contribution in [0.4, 0.5) is 5.82 Å². The maximum atomic E-state index is 13.4. The Labute approximate surface area is 194 Å². The standard InChI is InChI=1S/C25H31N7O/c1-29-24-21(15-28-29)25(27-17-26-24)31-13-11-30(12-14-31)23(33)16-32(19-9-10-19)22-8-4-6-18-5-2-3-7-20(18)22/h2-3,5,7,15,17,19,22H,4,6,8-14,16H2,1H3. The van der Waals surface area contributed by atoms with Crippen LogP contribution in [0.1, 0.15) is 42.9 Å². The van der Waals surface area contributed by atoms with Crippen LogP contribution in [0, 0.1) is 0 Å². The monoisotopic (exact) mass is 445 g/mol. The van der Waals surface area contributed by atoms with Gasteiger partial charge in [0.2, 0.25) is 5.91 Å². The second-order valence-electron chi connectivity index (χ2n) is 9.58. The number of benzene rings is 1. The first-order valence-electron chi connectivity index (χ1n) is 12.2. The maximum Gasteiger partial charge on any atom is 0.236 e. The summed E-state index contributed by atoms with van der Waals surface area (Å²) in [6.07, 6.45) is 9.39. The van der Waals surface area contributed by atoms with Gasteiger partial charge in [0.1, 0.15) is 12.1 Å². The summed E-state index contributed by atoms with van der Waals surface area (Å²) in [5.41, 5.74) is 3.75. The Morgan fingerprint density at radius 3 is 2.73 bits per heavy atom. The number of hydrogen-bond donors (Lipinski definition) is 0. The molecule has 1 saturated heterocycles. The fourth-order valence-corrected chi connectivity index (χ4v) is 5.60. The molecule has 172 valence electrons. The summed E-state index contributed by atoms with van der Waals surface area (Å²) < 4.78 is 1.77. The van der Waals surface area contributed by atoms with Crippen molar-refractivity contribution in [2.45, 2.75) is 44.2 Å². The van der Waals surface area contributed by atoms with E-state index in [9.17, 15) is 4.79 Å². The zero-order valence-corrected chi connectivity index (χ0v) is 19.2. The molecule has 1 amide bonds. The Bertz CT molecular complexity index is 1160. The summed E-state index contributed by atoms with van der Waals surface area (Å²) in [7, 11) is 1.89. The fourth-order valence-electron chi connectivity index (χ4n) is 5.60. The summed E-state index contributed by atoms with van der Waals surface area (Å²) in [5.74, 6) is 1.18. The first-order chi connectivity index (χ1) is 16.2. The van der Waals surface area contributed by atoms with Crippen molar-refractivity contribution in [1.29, 1.82) is 0 Å². The number of fused-ring (bicyclic) bond motifs is 2. The summed E-state index contributed by atoms with van der Waals surface area (Å²) in [6, 6.07) is 9.78. The Morgan fingerprint density at radius 2 is 1.91 bits per heavy atom. The van der Waals surface area contributed by atoms with Gasteiger partial charge in [-0.15, -0.1) is 0 Å². The molecule has 1 aliphatic heterocycles. The highest BCUT2D eigenvalue weighted by atomic mass is 16.2. The van der Waals surface area contributed by atoms with Gasteiger partial charge in [0, 0.05) is 45.3 Å². The first-order valence-corrected chi connectivity index (χ1v) is 12.2. The number of rotatable bonds is 5. The van der Waals surface area contributed by atoms with Gasteiger partial charge < -0.3 is 9.80 Å². The lowest BCUT2D eigenvalue weighted by atomic mass is 9.86. The van der Waals surface area contributed by atoms with Crippen molar-refractivity contribution in [3.05, 3.63) is 47.9 Å². The number of amides is 1. The molecule has 6 rings (SSSR count). The molecule has 1 saturated carbocycles. The van der Waals surface area contributed by atoms with E-state index < -0.39 is 0 Å². The van der Waals surface area contributed by atoms with Gasteiger partial charge in [0.15, 0.2) is 5.65 Å². The molecule has 0 N–H and O–H groups in total. The van der Waals surface area contributed by atoms with Crippen molar-refractivity contribution in [3.8, 4) is 0 Å². The van der Waals surface area contributed by atoms with Crippen molar-refractivity contribution in [2.75, 3.05) is 37.6 Å². The summed E-state index contributed by atoms with van der Waals surface area (Å²) in [6.45, 7) is 3.55. The zero-order chi connectivity index (χ0) is 22.4. The number of aromatic nitrogens is 4. The minimum atomic E-state index is 0.263. The van der Waals surface area contributed by atoms with E-state index in [0.717, 1.165) is 55.9 Å². The van der Waals surface area contributed by atoms with Crippen molar-refractivity contribution in [2.24, 2.45) is 7.05 Å². The molecule has 1 atom stereocenters. The Kier molecular flexibility index (Phi) is 5.25. The predicted octanol–water partition coefficient (Wildman–Crippen LogP) is 2.55. The number of nitrogens with zero attached hydrogens (tertiary/aromatic N) is 7. The number of hydrogen-bond acceptors (Lipinski definition) is 6. The molecule has 2 aromatic heterocycles. The van der Waals surface area contributed by atoms with Gasteiger partial charge in [0.25, 0.3) is 0 Å². The lowest BCUT2D eigenvalue weighted by Gasteiger charge is -2.39. The second-order valence-corrected chi connectivity index (χ2v) is 9.58. The van der Waals surface area contributed by atoms with Crippen molar-refractivity contribution in [3.63, 3.8) is 0 Å². The van der Waals surface area contributed by atoms with Crippen LogP contribution in [0.5, 0.6) is 0 Å². The Balaban J connectivity index is 1.13. The van der Waals surface area contributed by atoms with Crippen LogP contribution >= 0.6 is 0 Å². The van der Waals surface area contributed by atoms with Gasteiger partial charge in [-0.25, -0.2) is 9.97 Å². The Hall–Kier alpha value is -3.00. The summed E-state index contributed by atoms with van der Waals surface area (Å²) >= 11 is 0. The van der Waals surface area contributed by atoms with E-state index >= 15 is 0 Å². The highest BCUT2D eigenvalue weighted by Crippen LogP contribution is 2.40. The largest absolute Gasteiger partial charge is 0.352 e. The van der Waals surface area contributed by atoms with Crippen LogP contribution in [0.15, 0.2) is 36.8 Å². The molecule has 3 aliphatic rings. The van der Waals surface area contributed by atoms with Crippen LogP contribution < -0.4 is 4.90 Å². The third-order valence-corrected chi connectivity index (χ3v) is 7.51. The van der Waals surface area contributed by atoms with Crippen LogP contribution in [0.2, 0.25) is 0 Å². The maximum absolute atomic E-state index is 13.4. The molecular formula is C25H31N7O. The van der Waals surface area contributed by atoms with Crippen LogP contribution in [-0.2, 0) is 18.3 Å². The van der Waals surface area contributed by atoms with Crippen LogP contribution in [0.3, 0.4) is 0 Å². The smallest absolute Gasteiger partial charge is 0.236 e. The first kappa shape index (κ1) is 20.6. The molecule has 0 bridgehead atoms.